The van der Waals surface area contributed by atoms with E-state index >= 15 is 0 Å². The first-order valence-electron chi connectivity index (χ1n) is 17.8. The van der Waals surface area contributed by atoms with E-state index in [4.69, 9.17) is 9.47 Å². The second kappa shape index (κ2) is 13.8. The van der Waals surface area contributed by atoms with Gasteiger partial charge in [-0.3, -0.25) is 0 Å². The van der Waals surface area contributed by atoms with Gasteiger partial charge in [-0.2, -0.15) is 0 Å². The predicted molar refractivity (Wildman–Crippen MR) is 185 cm³/mol. The van der Waals surface area contributed by atoms with E-state index < -0.39 is 52.0 Å². The van der Waals surface area contributed by atoms with Gasteiger partial charge < -0.3 is 29.9 Å². The number of carbonyl (C=O) groups excluding carboxylic acids is 2. The number of carbonyl (C=O) groups is 2. The van der Waals surface area contributed by atoms with Crippen LogP contribution in [0.5, 0.6) is 0 Å². The Morgan fingerprint density at radius 2 is 1.47 bits per heavy atom. The topological polar surface area (TPSA) is 134 Å². The van der Waals surface area contributed by atoms with Gasteiger partial charge in [-0.05, 0) is 101 Å². The molecule has 0 amide bonds. The van der Waals surface area contributed by atoms with E-state index in [0.29, 0.717) is 36.8 Å². The van der Waals surface area contributed by atoms with Gasteiger partial charge in [-0.1, -0.05) is 63.7 Å². The van der Waals surface area contributed by atoms with E-state index in [2.05, 4.69) is 33.8 Å². The zero-order valence-corrected chi connectivity index (χ0v) is 30.3. The Morgan fingerprint density at radius 3 is 2.06 bits per heavy atom. The fraction of sp³-hybridized carbons (Fsp3) is 0.789. The molecule has 9 heteroatoms. The molecule has 0 saturated heterocycles. The third-order valence-corrected chi connectivity index (χ3v) is 13.9. The monoisotopic (exact) mass is 656 g/mol. The van der Waals surface area contributed by atoms with Gasteiger partial charge in [-0.25, -0.2) is 9.59 Å². The molecule has 4 N–H and O–H groups in total. The number of hydrogen-bond acceptors (Lipinski definition) is 8. The zero-order chi connectivity index (χ0) is 35.2. The molecule has 0 radical (unpaired) electrons. The van der Waals surface area contributed by atoms with Gasteiger partial charge in [0.15, 0.2) is 0 Å². The number of esters is 2. The number of fused-ring (bicyclic) bond motifs is 3. The first-order chi connectivity index (χ1) is 21.8. The van der Waals surface area contributed by atoms with Crippen LogP contribution >= 0.6 is 0 Å². The van der Waals surface area contributed by atoms with E-state index in [-0.39, 0.29) is 42.3 Å². The highest BCUT2D eigenvalue weighted by atomic mass is 16.5. The molecule has 3 saturated carbocycles. The molecule has 8 nitrogen and oxygen atoms in total. The minimum absolute atomic E-state index is 0.113. The highest BCUT2D eigenvalue weighted by Gasteiger charge is 2.63. The summed E-state index contributed by atoms with van der Waals surface area (Å²) in [4.78, 5) is 25.4. The lowest BCUT2D eigenvalue weighted by molar-refractivity contribution is -0.210. The molecule has 0 aromatic heterocycles. The van der Waals surface area contributed by atoms with E-state index in [1.807, 2.05) is 20.8 Å². The highest BCUT2D eigenvalue weighted by molar-refractivity contribution is 6.16. The Morgan fingerprint density at radius 1 is 0.872 bits per heavy atom. The largest absolute Gasteiger partial charge is 0.462 e. The Hall–Kier alpha value is -1.94. The molecule has 4 unspecified atom stereocenters. The van der Waals surface area contributed by atoms with E-state index in [0.717, 1.165) is 25.7 Å². The number of aliphatic hydroxyl groups excluding tert-OH is 4. The lowest BCUT2D eigenvalue weighted by Crippen LogP contribution is -2.62. The van der Waals surface area contributed by atoms with Gasteiger partial charge in [0.1, 0.15) is 14.5 Å². The van der Waals surface area contributed by atoms with Gasteiger partial charge in [-0.15, -0.1) is 0 Å². The normalized spacial score (nSPS) is 42.6. The summed E-state index contributed by atoms with van der Waals surface area (Å²) in [6.45, 7) is 15.1. The van der Waals surface area contributed by atoms with Crippen molar-refractivity contribution in [1.29, 1.82) is 0 Å². The van der Waals surface area contributed by atoms with Gasteiger partial charge in [0.05, 0.1) is 36.4 Å². The maximum atomic E-state index is 12.7. The molecule has 4 rings (SSSR count). The quantitative estimate of drug-likeness (QED) is 0.120. The zero-order valence-electron chi connectivity index (χ0n) is 30.3. The van der Waals surface area contributed by atoms with Crippen molar-refractivity contribution in [2.45, 2.75) is 136 Å². The number of allylic oxidation sites excluding steroid dienone is 4. The summed E-state index contributed by atoms with van der Waals surface area (Å²) in [5.41, 5.74) is -1.74. The molecule has 47 heavy (non-hydrogen) atoms. The highest BCUT2D eigenvalue weighted by Crippen LogP contribution is 2.69. The first kappa shape index (κ1) is 37.9. The second-order valence-corrected chi connectivity index (χ2v) is 17.0. The third kappa shape index (κ3) is 6.68. The van der Waals surface area contributed by atoms with Crippen molar-refractivity contribution < 1.29 is 39.5 Å². The van der Waals surface area contributed by atoms with E-state index in [9.17, 15) is 30.0 Å². The summed E-state index contributed by atoms with van der Waals surface area (Å²) < 4.78 is 11.5. The molecule has 0 aliphatic heterocycles. The summed E-state index contributed by atoms with van der Waals surface area (Å²) in [5, 5.41) is 46.4. The van der Waals surface area contributed by atoms with Crippen molar-refractivity contribution in [2.24, 2.45) is 39.4 Å². The Bertz CT molecular complexity index is 1270. The first-order valence-corrected chi connectivity index (χ1v) is 17.8. The van der Waals surface area contributed by atoms with Crippen molar-refractivity contribution in [3.63, 3.8) is 0 Å². The summed E-state index contributed by atoms with van der Waals surface area (Å²) in [5.74, 6) is -0.159. The van der Waals surface area contributed by atoms with Crippen molar-refractivity contribution in [1.82, 2.24) is 0 Å². The molecule has 11 atom stereocenters. The standard InChI is InChI=1S/C38H61BO8/c1-9-23(3)32(44)46-21-36(8)27-14-13-25-26(38(27,39)17-15-28(36)40)12-11-16-35(25,7)20-29(41)37(22-47-33(45)24(4)10-2)19-18-34(5,6)30(42)31(37)43/h9-11,16,25-31,40-43H,12-15,17-22,39H2,1-8H3/b23-9+,24-10+/t25?,26?,27?,28-,29+,30-,31-,35-,36+,37+,38?/m0/s1. The van der Waals surface area contributed by atoms with Crippen LogP contribution in [0.25, 0.3) is 0 Å². The number of aliphatic hydroxyl groups is 4. The average molecular weight is 657 g/mol. The molecule has 4 aliphatic carbocycles. The van der Waals surface area contributed by atoms with Crippen molar-refractivity contribution in [3.05, 3.63) is 35.5 Å². The number of rotatable bonds is 9. The van der Waals surface area contributed by atoms with Gasteiger partial charge >= 0.3 is 11.9 Å². The van der Waals surface area contributed by atoms with Crippen LogP contribution in [-0.2, 0) is 19.1 Å². The van der Waals surface area contributed by atoms with E-state index in [1.54, 1.807) is 32.9 Å². The Labute approximate surface area is 283 Å². The van der Waals surface area contributed by atoms with Crippen molar-refractivity contribution in [3.8, 4) is 0 Å². The summed E-state index contributed by atoms with van der Waals surface area (Å²) >= 11 is 0. The Balaban J connectivity index is 1.61. The van der Waals surface area contributed by atoms with Gasteiger partial charge in [0.2, 0.25) is 0 Å². The maximum Gasteiger partial charge on any atom is 0.333 e. The third-order valence-electron chi connectivity index (χ3n) is 13.9. The maximum absolute atomic E-state index is 12.7. The van der Waals surface area contributed by atoms with Crippen LogP contribution in [0.4, 0.5) is 0 Å². The molecule has 3 fully saturated rings. The minimum Gasteiger partial charge on any atom is -0.462 e. The minimum atomic E-state index is -1.27. The predicted octanol–water partition coefficient (Wildman–Crippen LogP) is 4.85. The number of ether oxygens (including phenoxy) is 2. The number of hydrogen-bond donors (Lipinski definition) is 4. The summed E-state index contributed by atoms with van der Waals surface area (Å²) in [6.07, 6.45) is 9.43. The van der Waals surface area contributed by atoms with Crippen LogP contribution < -0.4 is 0 Å². The van der Waals surface area contributed by atoms with Crippen molar-refractivity contribution in [2.75, 3.05) is 13.2 Å². The average Bonchev–Trinajstić information content (AvgIpc) is 3.03. The molecular formula is C38H61BO8. The molecule has 4 aliphatic rings. The summed E-state index contributed by atoms with van der Waals surface area (Å²) in [6, 6.07) is 0. The van der Waals surface area contributed by atoms with E-state index in [1.165, 1.54) is 0 Å². The lowest BCUT2D eigenvalue weighted by atomic mass is 9.35. The fourth-order valence-electron chi connectivity index (χ4n) is 10.0. The molecular weight excluding hydrogens is 595 g/mol. The van der Waals surface area contributed by atoms with Crippen LogP contribution in [0, 0.1) is 39.4 Å². The summed E-state index contributed by atoms with van der Waals surface area (Å²) in [7, 11) is 2.35. The van der Waals surface area contributed by atoms with Crippen LogP contribution in [0.15, 0.2) is 35.5 Å². The van der Waals surface area contributed by atoms with Gasteiger partial charge in [0, 0.05) is 16.6 Å². The molecule has 0 bridgehead atoms. The van der Waals surface area contributed by atoms with Crippen LogP contribution in [-0.4, -0.2) is 77.8 Å². The molecule has 0 aromatic carbocycles. The fourth-order valence-corrected chi connectivity index (χ4v) is 10.0. The Kier molecular flexibility index (Phi) is 11.1. The molecule has 0 aromatic rings. The SMILES string of the molecule is BC12CC[C@H](O)[C@](C)(COC(=O)/C(C)=C/C)C1CCC1C2CC=C[C@@]1(C)C[C@@H](O)[C@]1(COC(=O)/C(C)=C/C)CCC(C)(C)[C@@H](O)[C@@H]1O. The van der Waals surface area contributed by atoms with Crippen LogP contribution in [0.1, 0.15) is 107 Å². The lowest BCUT2D eigenvalue weighted by Gasteiger charge is -2.64. The van der Waals surface area contributed by atoms with Crippen LogP contribution in [0.3, 0.4) is 0 Å². The van der Waals surface area contributed by atoms with Crippen LogP contribution in [0.2, 0.25) is 5.31 Å². The molecule has 0 heterocycles. The molecule has 264 valence electrons. The smallest absolute Gasteiger partial charge is 0.333 e. The second-order valence-electron chi connectivity index (χ2n) is 17.0. The molecule has 0 spiro atoms. The van der Waals surface area contributed by atoms with Crippen molar-refractivity contribution >= 4 is 19.8 Å². The van der Waals surface area contributed by atoms with Gasteiger partial charge in [0.25, 0.3) is 0 Å².